The van der Waals surface area contributed by atoms with Crippen molar-refractivity contribution in [1.82, 2.24) is 19.6 Å². The molecule has 2 heterocycles. The molecule has 6 heteroatoms. The molecule has 0 amide bonds. The number of nitrogens with zero attached hydrogens (tertiary/aromatic N) is 4. The van der Waals surface area contributed by atoms with Crippen LogP contribution in [0.25, 0.3) is 22.4 Å². The van der Waals surface area contributed by atoms with E-state index in [1.54, 1.807) is 6.07 Å². The number of aromatic nitrogens is 4. The first kappa shape index (κ1) is 17.6. The van der Waals surface area contributed by atoms with Gasteiger partial charge in [-0.2, -0.15) is 10.2 Å². The molecule has 146 valence electrons. The molecule has 0 atom stereocenters. The number of benzene rings is 1. The molecule has 0 radical (unpaired) electrons. The molecule has 0 saturated heterocycles. The molecule has 5 nitrogen and oxygen atoms in total. The van der Waals surface area contributed by atoms with Gasteiger partial charge in [-0.1, -0.05) is 6.92 Å². The zero-order valence-corrected chi connectivity index (χ0v) is 16.3. The minimum atomic E-state index is -0.936. The van der Waals surface area contributed by atoms with Crippen molar-refractivity contribution in [3.63, 3.8) is 0 Å². The molecule has 2 fully saturated rings. The first-order valence-corrected chi connectivity index (χ1v) is 10.1. The Kier molecular flexibility index (Phi) is 3.95. The lowest BCUT2D eigenvalue weighted by Crippen LogP contribution is -2.07. The minimum absolute atomic E-state index is 0.329. The van der Waals surface area contributed by atoms with Crippen LogP contribution in [-0.4, -0.2) is 24.7 Å². The quantitative estimate of drug-likeness (QED) is 0.702. The van der Waals surface area contributed by atoms with Crippen molar-refractivity contribution in [2.45, 2.75) is 51.2 Å². The van der Waals surface area contributed by atoms with Crippen molar-refractivity contribution >= 4 is 0 Å². The van der Waals surface area contributed by atoms with E-state index >= 15 is 0 Å². The molecule has 5 rings (SSSR count). The highest BCUT2D eigenvalue weighted by Crippen LogP contribution is 2.50. The lowest BCUT2D eigenvalue weighted by atomic mass is 9.93. The van der Waals surface area contributed by atoms with E-state index in [4.69, 9.17) is 5.10 Å². The molecule has 3 aromatic rings. The molecule has 0 bridgehead atoms. The van der Waals surface area contributed by atoms with Gasteiger partial charge in [-0.3, -0.25) is 9.36 Å². The van der Waals surface area contributed by atoms with Crippen molar-refractivity contribution < 1.29 is 9.50 Å². The van der Waals surface area contributed by atoms with Crippen LogP contribution in [0.1, 0.15) is 43.9 Å². The van der Waals surface area contributed by atoms with E-state index in [0.29, 0.717) is 18.4 Å². The summed E-state index contributed by atoms with van der Waals surface area (Å²) in [6.45, 7) is 3.07. The van der Waals surface area contributed by atoms with Crippen LogP contribution in [-0.2, 0) is 25.6 Å². The molecule has 2 saturated carbocycles. The van der Waals surface area contributed by atoms with Crippen LogP contribution >= 0.6 is 0 Å². The Morgan fingerprint density at radius 3 is 2.75 bits per heavy atom. The standard InChI is InChI=1S/C22H25FN4O/c1-3-19-20(15-11-24-27(13-15)12-14-4-5-14)21(25-26(19)2)17-7-6-16(23)10-18(17)22(28)8-9-22/h6-7,10-11,13-14,28H,3-5,8-9,12H2,1-2H3. The number of halogens is 1. The molecule has 0 spiro atoms. The second kappa shape index (κ2) is 6.27. The fraction of sp³-hybridized carbons (Fsp3) is 0.455. The number of hydrogen-bond donors (Lipinski definition) is 1. The Balaban J connectivity index is 1.66. The number of hydrogen-bond acceptors (Lipinski definition) is 3. The molecule has 1 N–H and O–H groups in total. The molecule has 2 aliphatic carbocycles. The van der Waals surface area contributed by atoms with Crippen molar-refractivity contribution in [2.24, 2.45) is 13.0 Å². The molecular formula is C22H25FN4O. The summed E-state index contributed by atoms with van der Waals surface area (Å²) in [6.07, 6.45) is 8.70. The van der Waals surface area contributed by atoms with E-state index in [9.17, 15) is 9.50 Å². The lowest BCUT2D eigenvalue weighted by Gasteiger charge is -2.14. The van der Waals surface area contributed by atoms with Crippen LogP contribution in [0.4, 0.5) is 4.39 Å². The first-order valence-electron chi connectivity index (χ1n) is 10.1. The summed E-state index contributed by atoms with van der Waals surface area (Å²) >= 11 is 0. The van der Waals surface area contributed by atoms with Gasteiger partial charge in [0.25, 0.3) is 0 Å². The SMILES string of the molecule is CCc1c(-c2cnn(CC3CC3)c2)c(-c2ccc(F)cc2C2(O)CC2)nn1C. The van der Waals surface area contributed by atoms with E-state index in [2.05, 4.69) is 18.2 Å². The Morgan fingerprint density at radius 2 is 2.07 bits per heavy atom. The third-order valence-corrected chi connectivity index (χ3v) is 6.03. The van der Waals surface area contributed by atoms with Gasteiger partial charge in [0, 0.05) is 42.2 Å². The van der Waals surface area contributed by atoms with Gasteiger partial charge in [-0.25, -0.2) is 4.39 Å². The van der Waals surface area contributed by atoms with Crippen molar-refractivity contribution in [1.29, 1.82) is 0 Å². The van der Waals surface area contributed by atoms with Crippen LogP contribution in [0.5, 0.6) is 0 Å². The van der Waals surface area contributed by atoms with Gasteiger partial charge >= 0.3 is 0 Å². The normalized spacial score (nSPS) is 17.9. The topological polar surface area (TPSA) is 55.9 Å². The summed E-state index contributed by atoms with van der Waals surface area (Å²) in [5.41, 5.74) is 4.47. The molecule has 2 aromatic heterocycles. The highest BCUT2D eigenvalue weighted by Gasteiger charge is 2.44. The monoisotopic (exact) mass is 380 g/mol. The van der Waals surface area contributed by atoms with Gasteiger partial charge in [0.15, 0.2) is 0 Å². The Bertz CT molecular complexity index is 1040. The zero-order valence-electron chi connectivity index (χ0n) is 16.3. The second-order valence-corrected chi connectivity index (χ2v) is 8.26. The summed E-state index contributed by atoms with van der Waals surface area (Å²) in [6, 6.07) is 4.66. The molecule has 0 aliphatic heterocycles. The molecular weight excluding hydrogens is 355 g/mol. The average Bonchev–Trinajstić information content (AvgIpc) is 3.55. The molecule has 2 aliphatic rings. The van der Waals surface area contributed by atoms with E-state index in [1.165, 1.54) is 25.0 Å². The summed E-state index contributed by atoms with van der Waals surface area (Å²) in [5, 5.41) is 20.1. The highest BCUT2D eigenvalue weighted by molar-refractivity contribution is 5.84. The fourth-order valence-electron chi connectivity index (χ4n) is 4.11. The predicted molar refractivity (Wildman–Crippen MR) is 105 cm³/mol. The van der Waals surface area contributed by atoms with Gasteiger partial charge in [0.2, 0.25) is 0 Å². The second-order valence-electron chi connectivity index (χ2n) is 8.26. The third kappa shape index (κ3) is 2.96. The van der Waals surface area contributed by atoms with Crippen molar-refractivity contribution in [2.75, 3.05) is 0 Å². The van der Waals surface area contributed by atoms with Gasteiger partial charge < -0.3 is 5.11 Å². The van der Waals surface area contributed by atoms with Gasteiger partial charge in [-0.15, -0.1) is 0 Å². The summed E-state index contributed by atoms with van der Waals surface area (Å²) in [5.74, 6) is 0.420. The van der Waals surface area contributed by atoms with Crippen LogP contribution in [0.3, 0.4) is 0 Å². The third-order valence-electron chi connectivity index (χ3n) is 6.03. The zero-order chi connectivity index (χ0) is 19.5. The van der Waals surface area contributed by atoms with Crippen LogP contribution in [0, 0.1) is 11.7 Å². The lowest BCUT2D eigenvalue weighted by molar-refractivity contribution is 0.151. The number of aliphatic hydroxyl groups is 1. The summed E-state index contributed by atoms with van der Waals surface area (Å²) in [7, 11) is 1.94. The molecule has 0 unspecified atom stereocenters. The largest absolute Gasteiger partial charge is 0.385 e. The van der Waals surface area contributed by atoms with E-state index in [0.717, 1.165) is 47.0 Å². The molecule has 28 heavy (non-hydrogen) atoms. The number of aryl methyl sites for hydroxylation is 1. The van der Waals surface area contributed by atoms with Gasteiger partial charge in [0.1, 0.15) is 11.5 Å². The fourth-order valence-corrected chi connectivity index (χ4v) is 4.11. The van der Waals surface area contributed by atoms with E-state index < -0.39 is 5.60 Å². The van der Waals surface area contributed by atoms with Crippen LogP contribution < -0.4 is 0 Å². The van der Waals surface area contributed by atoms with Crippen molar-refractivity contribution in [3.8, 4) is 22.4 Å². The van der Waals surface area contributed by atoms with Crippen LogP contribution in [0.2, 0.25) is 0 Å². The van der Waals surface area contributed by atoms with E-state index in [-0.39, 0.29) is 5.82 Å². The Morgan fingerprint density at radius 1 is 1.29 bits per heavy atom. The average molecular weight is 380 g/mol. The summed E-state index contributed by atoms with van der Waals surface area (Å²) in [4.78, 5) is 0. The smallest absolute Gasteiger partial charge is 0.123 e. The first-order chi connectivity index (χ1) is 13.5. The predicted octanol–water partition coefficient (Wildman–Crippen LogP) is 4.04. The van der Waals surface area contributed by atoms with Gasteiger partial charge in [-0.05, 0) is 61.8 Å². The number of rotatable bonds is 6. The van der Waals surface area contributed by atoms with Crippen LogP contribution in [0.15, 0.2) is 30.6 Å². The van der Waals surface area contributed by atoms with Gasteiger partial charge in [0.05, 0.1) is 11.8 Å². The Labute approximate surface area is 163 Å². The maximum absolute atomic E-state index is 14.0. The molecule has 1 aromatic carbocycles. The van der Waals surface area contributed by atoms with E-state index in [1.807, 2.05) is 22.6 Å². The highest BCUT2D eigenvalue weighted by atomic mass is 19.1. The summed E-state index contributed by atoms with van der Waals surface area (Å²) < 4.78 is 17.9. The maximum atomic E-state index is 14.0. The minimum Gasteiger partial charge on any atom is -0.385 e. The maximum Gasteiger partial charge on any atom is 0.123 e. The van der Waals surface area contributed by atoms with Crippen molar-refractivity contribution in [3.05, 3.63) is 47.7 Å². The Hall–Kier alpha value is -2.47.